The van der Waals surface area contributed by atoms with Gasteiger partial charge in [-0.05, 0) is 49.1 Å². The van der Waals surface area contributed by atoms with Crippen LogP contribution in [0.25, 0.3) is 0 Å². The zero-order chi connectivity index (χ0) is 22.7. The lowest BCUT2D eigenvalue weighted by atomic mass is 9.96. The maximum absolute atomic E-state index is 13.1. The minimum atomic E-state index is -0.248. The number of hydrogen-bond acceptors (Lipinski definition) is 5. The van der Waals surface area contributed by atoms with Crippen LogP contribution in [0.5, 0.6) is 5.75 Å². The molecule has 2 aliphatic rings. The average Bonchev–Trinajstić information content (AvgIpc) is 3.29. The molecule has 0 aliphatic carbocycles. The molecule has 0 bridgehead atoms. The van der Waals surface area contributed by atoms with E-state index in [1.807, 2.05) is 34.1 Å². The third-order valence-electron chi connectivity index (χ3n) is 6.46. The van der Waals surface area contributed by atoms with Crippen molar-refractivity contribution in [1.82, 2.24) is 20.7 Å². The van der Waals surface area contributed by atoms with Crippen LogP contribution in [0.2, 0.25) is 0 Å². The number of hydrogen-bond donors (Lipinski definition) is 2. The number of carbonyl (C=O) groups is 2. The number of aryl methyl sites for hydroxylation is 2. The Morgan fingerprint density at radius 2 is 1.66 bits per heavy atom. The first-order valence-corrected chi connectivity index (χ1v) is 11.2. The summed E-state index contributed by atoms with van der Waals surface area (Å²) in [6.45, 7) is 6.48. The van der Waals surface area contributed by atoms with Gasteiger partial charge in [-0.25, -0.2) is 10.9 Å². The van der Waals surface area contributed by atoms with Crippen LogP contribution in [-0.2, 0) is 16.0 Å². The highest BCUT2D eigenvalue weighted by Gasteiger charge is 2.35. The first-order valence-electron chi connectivity index (χ1n) is 11.2. The van der Waals surface area contributed by atoms with Crippen LogP contribution in [0.15, 0.2) is 42.5 Å². The molecule has 2 saturated heterocycles. The van der Waals surface area contributed by atoms with E-state index in [9.17, 15) is 9.59 Å². The minimum Gasteiger partial charge on any atom is -0.497 e. The van der Waals surface area contributed by atoms with E-state index in [2.05, 4.69) is 42.9 Å². The fourth-order valence-corrected chi connectivity index (χ4v) is 4.57. The van der Waals surface area contributed by atoms with Crippen LogP contribution in [0.1, 0.15) is 34.7 Å². The number of rotatable bonds is 5. The van der Waals surface area contributed by atoms with E-state index in [1.54, 1.807) is 7.11 Å². The molecule has 2 aromatic rings. The van der Waals surface area contributed by atoms with Gasteiger partial charge in [0.2, 0.25) is 11.8 Å². The number of ether oxygens (including phenoxy) is 1. The Balaban J connectivity index is 1.27. The molecule has 32 heavy (non-hydrogen) atoms. The molecule has 2 heterocycles. The molecule has 2 aromatic carbocycles. The van der Waals surface area contributed by atoms with Crippen LogP contribution in [0, 0.1) is 13.8 Å². The molecule has 2 unspecified atom stereocenters. The van der Waals surface area contributed by atoms with E-state index < -0.39 is 0 Å². The summed E-state index contributed by atoms with van der Waals surface area (Å²) in [5.74, 6) is 0.980. The Labute approximate surface area is 189 Å². The second kappa shape index (κ2) is 9.71. The Kier molecular flexibility index (Phi) is 6.77. The SMILES string of the molecule is COc1ccc(CC(=O)N2CCN(C(=O)C3CC(c4ccc(C)cc4C)NN3)CC2)cc1. The van der Waals surface area contributed by atoms with E-state index in [0.717, 1.165) is 17.7 Å². The standard InChI is InChI=1S/C25H32N4O3/c1-17-4-9-21(18(2)14-17)22-16-23(27-26-22)25(31)29-12-10-28(11-13-29)24(30)15-19-5-7-20(32-3)8-6-19/h4-9,14,22-23,26-27H,10-13,15-16H2,1-3H3. The van der Waals surface area contributed by atoms with Gasteiger partial charge in [-0.15, -0.1) is 0 Å². The molecular formula is C25H32N4O3. The second-order valence-corrected chi connectivity index (χ2v) is 8.72. The van der Waals surface area contributed by atoms with Gasteiger partial charge in [-0.1, -0.05) is 35.9 Å². The van der Waals surface area contributed by atoms with Crippen molar-refractivity contribution in [2.24, 2.45) is 0 Å². The van der Waals surface area contributed by atoms with Crippen molar-refractivity contribution in [2.45, 2.75) is 38.8 Å². The Morgan fingerprint density at radius 3 is 2.31 bits per heavy atom. The third kappa shape index (κ3) is 4.95. The van der Waals surface area contributed by atoms with E-state index in [-0.39, 0.29) is 23.9 Å². The molecular weight excluding hydrogens is 404 g/mol. The van der Waals surface area contributed by atoms with Crippen molar-refractivity contribution in [3.63, 3.8) is 0 Å². The maximum Gasteiger partial charge on any atom is 0.241 e. The lowest BCUT2D eigenvalue weighted by molar-refractivity contribution is -0.140. The monoisotopic (exact) mass is 436 g/mol. The molecule has 4 rings (SSSR count). The summed E-state index contributed by atoms with van der Waals surface area (Å²) >= 11 is 0. The normalized spacial score (nSPS) is 21.0. The van der Waals surface area contributed by atoms with Crippen molar-refractivity contribution >= 4 is 11.8 Å². The Bertz CT molecular complexity index is 968. The maximum atomic E-state index is 13.1. The van der Waals surface area contributed by atoms with Crippen molar-refractivity contribution in [3.05, 3.63) is 64.7 Å². The number of benzene rings is 2. The molecule has 7 nitrogen and oxygen atoms in total. The second-order valence-electron chi connectivity index (χ2n) is 8.72. The van der Waals surface area contributed by atoms with Crippen LogP contribution in [0.4, 0.5) is 0 Å². The molecule has 2 aliphatic heterocycles. The number of amides is 2. The minimum absolute atomic E-state index is 0.0952. The van der Waals surface area contributed by atoms with E-state index in [0.29, 0.717) is 32.6 Å². The molecule has 2 fully saturated rings. The van der Waals surface area contributed by atoms with Gasteiger partial charge in [-0.2, -0.15) is 0 Å². The summed E-state index contributed by atoms with van der Waals surface area (Å²) in [7, 11) is 1.63. The lowest BCUT2D eigenvalue weighted by Crippen LogP contribution is -2.54. The fraction of sp³-hybridized carbons (Fsp3) is 0.440. The molecule has 2 atom stereocenters. The predicted molar refractivity (Wildman–Crippen MR) is 123 cm³/mol. The number of hydrazine groups is 1. The number of methoxy groups -OCH3 is 1. The van der Waals surface area contributed by atoms with Crippen LogP contribution in [0.3, 0.4) is 0 Å². The number of nitrogens with zero attached hydrogens (tertiary/aromatic N) is 2. The molecule has 170 valence electrons. The summed E-state index contributed by atoms with van der Waals surface area (Å²) in [4.78, 5) is 29.5. The van der Waals surface area contributed by atoms with Gasteiger partial charge < -0.3 is 14.5 Å². The Hall–Kier alpha value is -2.90. The van der Waals surface area contributed by atoms with Gasteiger partial charge in [0.1, 0.15) is 11.8 Å². The van der Waals surface area contributed by atoms with Crippen LogP contribution in [-0.4, -0.2) is 60.9 Å². The van der Waals surface area contributed by atoms with Crippen LogP contribution >= 0.6 is 0 Å². The molecule has 2 amide bonds. The van der Waals surface area contributed by atoms with Gasteiger partial charge >= 0.3 is 0 Å². The summed E-state index contributed by atoms with van der Waals surface area (Å²) in [5.41, 5.74) is 11.2. The highest BCUT2D eigenvalue weighted by atomic mass is 16.5. The third-order valence-corrected chi connectivity index (χ3v) is 6.46. The molecule has 7 heteroatoms. The molecule has 0 radical (unpaired) electrons. The van der Waals surface area contributed by atoms with Crippen molar-refractivity contribution in [3.8, 4) is 5.75 Å². The molecule has 2 N–H and O–H groups in total. The van der Waals surface area contributed by atoms with Crippen LogP contribution < -0.4 is 15.6 Å². The predicted octanol–water partition coefficient (Wildman–Crippen LogP) is 2.13. The lowest BCUT2D eigenvalue weighted by Gasteiger charge is -2.36. The number of carbonyl (C=O) groups excluding carboxylic acids is 2. The molecule has 0 saturated carbocycles. The van der Waals surface area contributed by atoms with Gasteiger partial charge in [0, 0.05) is 32.2 Å². The zero-order valence-corrected chi connectivity index (χ0v) is 19.1. The van der Waals surface area contributed by atoms with Crippen molar-refractivity contribution in [2.75, 3.05) is 33.3 Å². The Morgan fingerprint density at radius 1 is 0.969 bits per heavy atom. The van der Waals surface area contributed by atoms with Gasteiger partial charge in [0.25, 0.3) is 0 Å². The number of piperazine rings is 1. The van der Waals surface area contributed by atoms with Crippen molar-refractivity contribution < 1.29 is 14.3 Å². The zero-order valence-electron chi connectivity index (χ0n) is 19.1. The fourth-order valence-electron chi connectivity index (χ4n) is 4.57. The van der Waals surface area contributed by atoms with Gasteiger partial charge in [-0.3, -0.25) is 9.59 Å². The van der Waals surface area contributed by atoms with Crippen molar-refractivity contribution in [1.29, 1.82) is 0 Å². The summed E-state index contributed by atoms with van der Waals surface area (Å²) in [6.07, 6.45) is 1.09. The number of nitrogens with one attached hydrogen (secondary N) is 2. The highest BCUT2D eigenvalue weighted by Crippen LogP contribution is 2.26. The summed E-state index contributed by atoms with van der Waals surface area (Å²) < 4.78 is 5.17. The first-order chi connectivity index (χ1) is 15.4. The topological polar surface area (TPSA) is 73.9 Å². The summed E-state index contributed by atoms with van der Waals surface area (Å²) in [6, 6.07) is 13.9. The molecule has 0 aromatic heterocycles. The average molecular weight is 437 g/mol. The largest absolute Gasteiger partial charge is 0.497 e. The quantitative estimate of drug-likeness (QED) is 0.751. The smallest absolute Gasteiger partial charge is 0.241 e. The van der Waals surface area contributed by atoms with Gasteiger partial charge in [0.15, 0.2) is 0 Å². The van der Waals surface area contributed by atoms with E-state index >= 15 is 0 Å². The van der Waals surface area contributed by atoms with Gasteiger partial charge in [0.05, 0.1) is 13.5 Å². The van der Waals surface area contributed by atoms with E-state index in [4.69, 9.17) is 4.74 Å². The summed E-state index contributed by atoms with van der Waals surface area (Å²) in [5, 5.41) is 0. The first kappa shape index (κ1) is 22.3. The van der Waals surface area contributed by atoms with E-state index in [1.165, 1.54) is 16.7 Å². The highest BCUT2D eigenvalue weighted by molar-refractivity contribution is 5.83. The molecule has 0 spiro atoms.